The Balaban J connectivity index is 1.65. The molecule has 1 fully saturated rings. The Bertz CT molecular complexity index is 2230. The Morgan fingerprint density at radius 1 is 0.339 bits per heavy atom. The molecule has 0 bridgehead atoms. The molecule has 0 aromatic heterocycles. The van der Waals surface area contributed by atoms with Crippen LogP contribution in [0.25, 0.3) is 43.1 Å². The summed E-state index contributed by atoms with van der Waals surface area (Å²) in [7, 11) is 22.7. The van der Waals surface area contributed by atoms with Crippen molar-refractivity contribution in [3.05, 3.63) is 59.7 Å². The van der Waals surface area contributed by atoms with Crippen LogP contribution in [0.5, 0.6) is 23.0 Å². The van der Waals surface area contributed by atoms with Crippen LogP contribution in [-0.2, 0) is 0 Å². The van der Waals surface area contributed by atoms with E-state index in [4.69, 9.17) is 0 Å². The van der Waals surface area contributed by atoms with Gasteiger partial charge in [0.25, 0.3) is 0 Å². The fourth-order valence-corrected chi connectivity index (χ4v) is 9.26. The van der Waals surface area contributed by atoms with Gasteiger partial charge in [-0.05, 0) is 71.5 Å². The van der Waals surface area contributed by atoms with Crippen LogP contribution in [0.2, 0.25) is 0 Å². The molecule has 0 radical (unpaired) electrons. The maximum atomic E-state index is 15.4. The molecule has 7 rings (SSSR count). The van der Waals surface area contributed by atoms with Gasteiger partial charge in [-0.25, -0.2) is 0 Å². The van der Waals surface area contributed by atoms with Crippen LogP contribution in [0.4, 0.5) is 34.1 Å². The molecule has 1 aliphatic carbocycles. The zero-order valence-electron chi connectivity index (χ0n) is 34.2. The van der Waals surface area contributed by atoms with Gasteiger partial charge in [-0.1, -0.05) is 0 Å². The zero-order chi connectivity index (χ0) is 41.0. The summed E-state index contributed by atoms with van der Waals surface area (Å²) in [6, 6.07) is 13.5. The number of hydrogen-bond acceptors (Lipinski definition) is 12. The van der Waals surface area contributed by atoms with Gasteiger partial charge in [0.05, 0.1) is 11.4 Å². The van der Waals surface area contributed by atoms with Gasteiger partial charge in [-0.3, -0.25) is 0 Å². The Labute approximate surface area is 327 Å². The van der Waals surface area contributed by atoms with Gasteiger partial charge in [0.2, 0.25) is 0 Å². The van der Waals surface area contributed by atoms with Crippen LogP contribution in [0, 0.1) is 0 Å². The lowest BCUT2D eigenvalue weighted by molar-refractivity contribution is -0.535. The maximum Gasteiger partial charge on any atom is 0.123 e. The van der Waals surface area contributed by atoms with Gasteiger partial charge in [0.15, 0.2) is 0 Å². The minimum Gasteiger partial charge on any atom is -0.851 e. The maximum absolute atomic E-state index is 15.4. The van der Waals surface area contributed by atoms with Gasteiger partial charge in [0, 0.05) is 150 Å². The third-order valence-corrected chi connectivity index (χ3v) is 11.6. The van der Waals surface area contributed by atoms with Crippen molar-refractivity contribution in [3.8, 4) is 23.0 Å². The van der Waals surface area contributed by atoms with Crippen molar-refractivity contribution in [2.75, 3.05) is 114 Å². The van der Waals surface area contributed by atoms with Gasteiger partial charge >= 0.3 is 0 Å². The fraction of sp³-hybridized carbons (Fsp3) is 0.364. The molecule has 12 heteroatoms. The molecular formula is C44H52N6O6-2. The second-order valence-electron chi connectivity index (χ2n) is 16.3. The quantitative estimate of drug-likeness (QED) is 0.157. The molecule has 0 saturated heterocycles. The molecule has 0 heterocycles. The number of fused-ring (bicyclic) bond motifs is 4. The van der Waals surface area contributed by atoms with E-state index in [1.54, 1.807) is 24.3 Å². The third-order valence-electron chi connectivity index (χ3n) is 11.6. The molecule has 0 atom stereocenters. The molecule has 0 amide bonds. The summed E-state index contributed by atoms with van der Waals surface area (Å²) in [6.45, 7) is 0. The summed E-state index contributed by atoms with van der Waals surface area (Å²) in [5.41, 5.74) is 5.06. The number of phenolic OH excluding ortho intramolecular Hbond substituents is 4. The Morgan fingerprint density at radius 2 is 0.554 bits per heavy atom. The second kappa shape index (κ2) is 13.5. The minimum absolute atomic E-state index is 0.115. The lowest BCUT2D eigenvalue weighted by Crippen LogP contribution is -2.63. The number of rotatable bonds is 8. The average Bonchev–Trinajstić information content (AvgIpc) is 3.10. The van der Waals surface area contributed by atoms with Crippen LogP contribution in [0.1, 0.15) is 23.0 Å². The van der Waals surface area contributed by atoms with E-state index in [-0.39, 0.29) is 34.1 Å². The molecule has 12 nitrogen and oxygen atoms in total. The van der Waals surface area contributed by atoms with E-state index in [1.165, 1.54) is 0 Å². The molecule has 0 unspecified atom stereocenters. The molecule has 6 aromatic rings. The summed E-state index contributed by atoms with van der Waals surface area (Å²) in [4.78, 5) is 11.6. The first-order valence-electron chi connectivity index (χ1n) is 18.6. The molecule has 0 spiro atoms. The summed E-state index contributed by atoms with van der Waals surface area (Å²) in [6.07, 6.45) is -3.22. The summed E-state index contributed by atoms with van der Waals surface area (Å²) in [5, 5.41) is 81.9. The lowest BCUT2D eigenvalue weighted by atomic mass is 9.60. The van der Waals surface area contributed by atoms with Crippen molar-refractivity contribution in [2.45, 2.75) is 24.0 Å². The monoisotopic (exact) mass is 760 g/mol. The minimum atomic E-state index is -1.61. The van der Waals surface area contributed by atoms with E-state index < -0.39 is 24.0 Å². The predicted molar refractivity (Wildman–Crippen MR) is 229 cm³/mol. The molecule has 56 heavy (non-hydrogen) atoms. The van der Waals surface area contributed by atoms with E-state index in [9.17, 15) is 20.4 Å². The molecular weight excluding hydrogens is 709 g/mol. The molecule has 6 aromatic carbocycles. The Kier molecular flexibility index (Phi) is 9.29. The van der Waals surface area contributed by atoms with Crippen molar-refractivity contribution in [2.24, 2.45) is 0 Å². The van der Waals surface area contributed by atoms with Crippen molar-refractivity contribution in [1.82, 2.24) is 0 Å². The standard InChI is InChI=1S/C44H52N6O6/c1-45(2)21-13-17-25(51)33-29(21)41(49(9)10)30-22(46(3)4)14-18-26(52)34(30)37(33)39-43(55)40(44(39)56)38-35-27(53)19-15-23(47(5)6)31(35)42(50(11)12)32-24(48(7)8)16-20-28(54)36(32)38/h13-20,39-40,43-44,51-54H,1-12H3/q-2. The molecule has 4 N–H and O–H groups in total. The molecule has 1 aliphatic rings. The van der Waals surface area contributed by atoms with Crippen molar-refractivity contribution in [1.29, 1.82) is 0 Å². The molecule has 296 valence electrons. The first-order valence-corrected chi connectivity index (χ1v) is 18.6. The predicted octanol–water partition coefficient (Wildman–Crippen LogP) is 4.86. The lowest BCUT2D eigenvalue weighted by Gasteiger charge is -2.62. The van der Waals surface area contributed by atoms with Gasteiger partial charge < -0.3 is 60.0 Å². The highest BCUT2D eigenvalue weighted by atomic mass is 16.3. The fourth-order valence-electron chi connectivity index (χ4n) is 9.26. The highest BCUT2D eigenvalue weighted by Gasteiger charge is 2.44. The Morgan fingerprint density at radius 3 is 0.732 bits per heavy atom. The van der Waals surface area contributed by atoms with Gasteiger partial charge in [-0.2, -0.15) is 0 Å². The summed E-state index contributed by atoms with van der Waals surface area (Å²) < 4.78 is 0. The number of phenols is 4. The van der Waals surface area contributed by atoms with E-state index >= 15 is 10.2 Å². The van der Waals surface area contributed by atoms with E-state index in [0.29, 0.717) is 43.1 Å². The van der Waals surface area contributed by atoms with Gasteiger partial charge in [0.1, 0.15) is 23.0 Å². The summed E-state index contributed by atoms with van der Waals surface area (Å²) in [5.74, 6) is -2.92. The van der Waals surface area contributed by atoms with Gasteiger partial charge in [-0.15, -0.1) is 12.2 Å². The number of benzene rings is 6. The van der Waals surface area contributed by atoms with Crippen LogP contribution in [0.15, 0.2) is 48.5 Å². The van der Waals surface area contributed by atoms with Crippen LogP contribution >= 0.6 is 0 Å². The molecule has 0 aliphatic heterocycles. The van der Waals surface area contributed by atoms with Crippen molar-refractivity contribution < 1.29 is 30.6 Å². The zero-order valence-corrected chi connectivity index (χ0v) is 34.2. The van der Waals surface area contributed by atoms with E-state index in [1.807, 2.05) is 138 Å². The van der Waals surface area contributed by atoms with Crippen molar-refractivity contribution >= 4 is 77.2 Å². The number of anilines is 6. The SMILES string of the molecule is CN(C)c1ccc(O)c2c(C3C([O-])C(c4c5c(O)ccc(N(C)C)c5c(N(C)C)c5c(N(C)C)ccc(O)c45)C3[O-])c3c(O)ccc(N(C)C)c3c(N(C)C)c12. The highest BCUT2D eigenvalue weighted by molar-refractivity contribution is 6.26. The summed E-state index contributed by atoms with van der Waals surface area (Å²) >= 11 is 0. The number of nitrogens with zero attached hydrogens (tertiary/aromatic N) is 6. The van der Waals surface area contributed by atoms with Crippen LogP contribution in [-0.4, -0.2) is 117 Å². The van der Waals surface area contributed by atoms with Crippen molar-refractivity contribution in [3.63, 3.8) is 0 Å². The number of aromatic hydroxyl groups is 4. The Hall–Kier alpha value is -5.72. The topological polar surface area (TPSA) is 146 Å². The largest absolute Gasteiger partial charge is 0.851 e. The number of hydrogen-bond donors (Lipinski definition) is 4. The van der Waals surface area contributed by atoms with E-state index in [2.05, 4.69) is 0 Å². The first kappa shape index (κ1) is 38.6. The van der Waals surface area contributed by atoms with E-state index in [0.717, 1.165) is 34.1 Å². The molecule has 1 saturated carbocycles. The smallest absolute Gasteiger partial charge is 0.123 e. The highest BCUT2D eigenvalue weighted by Crippen LogP contribution is 2.60. The third kappa shape index (κ3) is 5.33. The van der Waals surface area contributed by atoms with Crippen LogP contribution < -0.4 is 39.6 Å². The normalized spacial score (nSPS) is 18.1. The van der Waals surface area contributed by atoms with Crippen LogP contribution in [0.3, 0.4) is 0 Å². The first-order chi connectivity index (χ1) is 26.3. The average molecular weight is 761 g/mol. The second-order valence-corrected chi connectivity index (χ2v) is 16.3.